The number of hydrogen-bond acceptors (Lipinski definition) is 31. The molecule has 9 N–H and O–H groups in total. The molecule has 124 heavy (non-hydrogen) atoms. The Hall–Kier alpha value is -4.15. The van der Waals surface area contributed by atoms with E-state index in [0.717, 1.165) is 19.3 Å². The van der Waals surface area contributed by atoms with E-state index in [1.807, 2.05) is 84.9 Å². The number of hydrogen-bond donors (Lipinski definition) is 9. The Morgan fingerprint density at radius 1 is 0.460 bits per heavy atom. The second-order valence-corrected chi connectivity index (χ2v) is 36.1. The van der Waals surface area contributed by atoms with Gasteiger partial charge in [0.2, 0.25) is 0 Å². The summed E-state index contributed by atoms with van der Waals surface area (Å²) in [6.07, 6.45) is 0.924. The van der Waals surface area contributed by atoms with Gasteiger partial charge in [-0.2, -0.15) is 0 Å². The molecule has 714 valence electrons. The summed E-state index contributed by atoms with van der Waals surface area (Å²) in [6.45, 7) is 17.8. The lowest BCUT2D eigenvalue weighted by Gasteiger charge is -2.42. The topological polar surface area (TPSA) is 409 Å². The number of fused-ring (bicyclic) bond motifs is 4. The van der Waals surface area contributed by atoms with E-state index in [1.165, 1.54) is 47.7 Å². The van der Waals surface area contributed by atoms with Gasteiger partial charge in [0, 0.05) is 131 Å². The van der Waals surface area contributed by atoms with E-state index in [-0.39, 0.29) is 113 Å². The third-order valence-electron chi connectivity index (χ3n) is 26.5. The highest BCUT2D eigenvalue weighted by Crippen LogP contribution is 2.38. The second-order valence-electron chi connectivity index (χ2n) is 36.1. The van der Waals surface area contributed by atoms with E-state index in [1.54, 1.807) is 54.3 Å². The maximum atomic E-state index is 14.4. The molecule has 0 saturated carbocycles. The molecular formula is C93H156O31. The van der Waals surface area contributed by atoms with Crippen LogP contribution in [0.3, 0.4) is 0 Å². The van der Waals surface area contributed by atoms with Crippen molar-refractivity contribution < 1.29 is 150 Å². The summed E-state index contributed by atoms with van der Waals surface area (Å²) in [4.78, 5) is 41.9. The summed E-state index contributed by atoms with van der Waals surface area (Å²) in [6, 6.07) is 0. The molecule has 0 amide bonds. The molecule has 31 heteroatoms. The van der Waals surface area contributed by atoms with E-state index >= 15 is 0 Å². The number of carbonyl (C=O) groups excluding carboxylic acids is 3. The SMILES string of the molecule is CO[C@H]1C[C@H](CC[C@H](C)[C@H](O)[C@H](C)[C@@H]2C[C@H](O)C[C@H](O)[C@H](C)[C@@H](OC)C[C@@H]3CC=C[C@@H](C[C@@H](O[C@H]4OC[C@H](OC)[C@@H](OC)[C@@H]4OC(=O)[C@H](O)CO)CC=C(C)/C=C/C(=O)O[C@H]([C@@H](C)[C@@H](O)[C@@H](C)CC[C@H]4C[C@H](OC)C[C@H](C)O4)C[C@H](O)C[C@H](O)[C@H](C)[C@@H](OC)C[C@@H]4CC=C[C@@H](C[C@@H](O[C@H]5OC[C@H](OC)[C@@H](OC)[C@@H]5O)C/C=C(C)/C=C\C(=O)O2)O4)O3)O[C@@H](C)C1. The summed E-state index contributed by atoms with van der Waals surface area (Å²) in [5, 5.41) is 105. The molecule has 4 bridgehead atoms. The highest BCUT2D eigenvalue weighted by atomic mass is 16.7. The minimum atomic E-state index is -1.89. The third-order valence-corrected chi connectivity index (χ3v) is 26.5. The van der Waals surface area contributed by atoms with Gasteiger partial charge in [-0.25, -0.2) is 14.4 Å². The number of methoxy groups -OCH3 is 8. The lowest BCUT2D eigenvalue weighted by molar-refractivity contribution is -0.296. The summed E-state index contributed by atoms with van der Waals surface area (Å²) in [5.74, 6) is -5.84. The standard InChI is InChI=1S/C93H156O31/c1-52-25-31-70(120-92-87(104)88(112-17)81(110-15)50-114-92)43-64-21-19-23-66(118-64)47-77(108-13)58(7)74(97)39-62(95)42-80(61(10)86(103)55(4)30-34-69-46-73(107-12)38-57(6)117-69)123-84(101)36-28-53(2)26-32-71(121-93-90(124-91(105)76(99)49-94)89(113-18)82(111-16)51-115-93)44-65-22-20-24-67(119-65)48-78(109-14)59(8)75(98)40-63(96)41-79(122-83(100)35-27-52)60(9)85(102)54(3)29-33-68-45-72(106-11)37-56(5)116-68/h19-22,25-28,35-36,54-82,85-90,92-99,102-104H,23-24,29-34,37-51H2,1-18H3/b35-27-,36-28+,52-25+,53-26?/t54-,55-,56-,57-,58-,59-,60+,61+,62+,63+,64-,65-,66-,67-,68-,69-,70-,71-,72+,73+,74-,75-,76+,77-,78-,79-,80-,81-,82-,85-,86-,87-,88+,89+,90-,92+,93+/m0/s1. The zero-order chi connectivity index (χ0) is 91.0. The van der Waals surface area contributed by atoms with Crippen molar-refractivity contribution in [1.82, 2.24) is 0 Å². The number of aliphatic hydroxyl groups excluding tert-OH is 9. The average molecular weight is 1770 g/mol. The van der Waals surface area contributed by atoms with Crippen LogP contribution >= 0.6 is 0 Å². The Labute approximate surface area is 736 Å². The molecule has 7 aliphatic rings. The van der Waals surface area contributed by atoms with Crippen molar-refractivity contribution in [2.75, 3.05) is 76.7 Å². The molecule has 7 rings (SSSR count). The Balaban J connectivity index is 1.21. The quantitative estimate of drug-likeness (QED) is 0.0213. The minimum absolute atomic E-state index is 0.000978. The fraction of sp³-hybridized carbons (Fsp3) is 0.839. The first-order valence-electron chi connectivity index (χ1n) is 45.2. The summed E-state index contributed by atoms with van der Waals surface area (Å²) in [7, 11) is 12.3. The van der Waals surface area contributed by atoms with E-state index in [9.17, 15) is 60.3 Å². The molecular weight excluding hydrogens is 1610 g/mol. The van der Waals surface area contributed by atoms with E-state index < -0.39 is 201 Å². The number of ether oxygens (including phenoxy) is 19. The van der Waals surface area contributed by atoms with Gasteiger partial charge in [0.05, 0.1) is 142 Å². The fourth-order valence-corrected chi connectivity index (χ4v) is 18.4. The van der Waals surface area contributed by atoms with Crippen LogP contribution in [0.15, 0.2) is 71.9 Å². The first kappa shape index (κ1) is 107. The molecule has 0 aliphatic carbocycles. The molecule has 0 radical (unpaired) electrons. The Morgan fingerprint density at radius 3 is 1.27 bits per heavy atom. The molecule has 7 aliphatic heterocycles. The predicted octanol–water partition coefficient (Wildman–Crippen LogP) is 8.06. The first-order chi connectivity index (χ1) is 59.1. The normalized spacial score (nSPS) is 39.8. The maximum absolute atomic E-state index is 14.4. The fourth-order valence-electron chi connectivity index (χ4n) is 18.4. The Kier molecular flexibility index (Phi) is 47.1. The minimum Gasteiger partial charge on any atom is -0.459 e. The van der Waals surface area contributed by atoms with E-state index in [0.29, 0.717) is 68.9 Å². The van der Waals surface area contributed by atoms with E-state index in [2.05, 4.69) is 0 Å². The monoisotopic (exact) mass is 1770 g/mol. The maximum Gasteiger partial charge on any atom is 0.337 e. The molecule has 37 atom stereocenters. The summed E-state index contributed by atoms with van der Waals surface area (Å²) >= 11 is 0. The van der Waals surface area contributed by atoms with E-state index in [4.69, 9.17) is 90.0 Å². The Morgan fingerprint density at radius 2 is 0.871 bits per heavy atom. The van der Waals surface area contributed by atoms with Crippen LogP contribution in [0.5, 0.6) is 0 Å². The number of rotatable bonds is 27. The van der Waals surface area contributed by atoms with Crippen LogP contribution in [0.4, 0.5) is 0 Å². The van der Waals surface area contributed by atoms with Crippen molar-refractivity contribution in [2.45, 2.75) is 387 Å². The number of aliphatic hydroxyl groups is 9. The van der Waals surface area contributed by atoms with Crippen LogP contribution in [0.2, 0.25) is 0 Å². The Bertz CT molecular complexity index is 3250. The second kappa shape index (κ2) is 54.6. The van der Waals surface area contributed by atoms with Crippen LogP contribution in [-0.2, 0) is 104 Å². The molecule has 0 aromatic rings. The van der Waals surface area contributed by atoms with Crippen molar-refractivity contribution in [3.63, 3.8) is 0 Å². The smallest absolute Gasteiger partial charge is 0.337 e. The van der Waals surface area contributed by atoms with Gasteiger partial charge < -0.3 is 136 Å². The summed E-state index contributed by atoms with van der Waals surface area (Å²) in [5.41, 5.74) is 1.23. The number of esters is 3. The van der Waals surface area contributed by atoms with Crippen LogP contribution in [0.25, 0.3) is 0 Å². The van der Waals surface area contributed by atoms with Crippen LogP contribution < -0.4 is 0 Å². The highest BCUT2D eigenvalue weighted by Gasteiger charge is 2.48. The summed E-state index contributed by atoms with van der Waals surface area (Å²) < 4.78 is 117. The van der Waals surface area contributed by atoms with Crippen LogP contribution in [-0.4, -0.2) is 330 Å². The molecule has 0 aromatic heterocycles. The average Bonchev–Trinajstić information content (AvgIpc) is 0.798. The number of cyclic esters (lactones) is 2. The van der Waals surface area contributed by atoms with Gasteiger partial charge in [0.25, 0.3) is 0 Å². The molecule has 31 nitrogen and oxygen atoms in total. The predicted molar refractivity (Wildman–Crippen MR) is 458 cm³/mol. The van der Waals surface area contributed by atoms with Crippen molar-refractivity contribution in [2.24, 2.45) is 35.5 Å². The van der Waals surface area contributed by atoms with Gasteiger partial charge in [0.15, 0.2) is 24.8 Å². The molecule has 0 spiro atoms. The molecule has 4 fully saturated rings. The molecule has 0 aromatic carbocycles. The lowest BCUT2D eigenvalue weighted by atomic mass is 9.83. The van der Waals surface area contributed by atoms with Gasteiger partial charge in [0.1, 0.15) is 42.7 Å². The lowest BCUT2D eigenvalue weighted by Crippen LogP contribution is -2.58. The van der Waals surface area contributed by atoms with Crippen molar-refractivity contribution >= 4 is 17.9 Å². The van der Waals surface area contributed by atoms with Gasteiger partial charge >= 0.3 is 17.9 Å². The number of carbonyl (C=O) groups is 3. The zero-order valence-electron chi connectivity index (χ0n) is 76.9. The van der Waals surface area contributed by atoms with Crippen molar-refractivity contribution in [3.8, 4) is 0 Å². The molecule has 4 saturated heterocycles. The van der Waals surface area contributed by atoms with Gasteiger partial charge in [-0.05, 0) is 129 Å². The van der Waals surface area contributed by atoms with Crippen LogP contribution in [0.1, 0.15) is 198 Å². The van der Waals surface area contributed by atoms with Gasteiger partial charge in [-0.15, -0.1) is 0 Å². The largest absolute Gasteiger partial charge is 0.459 e. The number of allylic oxidation sites excluding steroid dienone is 4. The molecule has 0 unspecified atom stereocenters. The van der Waals surface area contributed by atoms with Crippen molar-refractivity contribution in [3.05, 3.63) is 71.9 Å². The third kappa shape index (κ3) is 33.9. The van der Waals surface area contributed by atoms with Gasteiger partial charge in [-0.3, -0.25) is 0 Å². The first-order valence-corrected chi connectivity index (χ1v) is 45.2. The zero-order valence-corrected chi connectivity index (χ0v) is 76.9. The van der Waals surface area contributed by atoms with Gasteiger partial charge in [-0.1, -0.05) is 101 Å². The van der Waals surface area contributed by atoms with Crippen LogP contribution in [0, 0.1) is 35.5 Å². The van der Waals surface area contributed by atoms with Crippen molar-refractivity contribution in [1.29, 1.82) is 0 Å². The molecule has 7 heterocycles. The highest BCUT2D eigenvalue weighted by molar-refractivity contribution is 5.83.